The molecule has 0 aliphatic rings. The summed E-state index contributed by atoms with van der Waals surface area (Å²) < 4.78 is 0. The first-order valence-corrected chi connectivity index (χ1v) is 47.0. The molecule has 0 amide bonds. The number of aliphatic hydroxyl groups excluding tert-OH is 3. The Morgan fingerprint density at radius 2 is 0.248 bits per heavy atom. The van der Waals surface area contributed by atoms with Crippen LogP contribution in [0.1, 0.15) is 555 Å². The number of hydrogen-bond acceptors (Lipinski definition) is 7. The molecule has 0 aromatic rings. The van der Waals surface area contributed by atoms with E-state index in [1.54, 1.807) is 0 Å². The van der Waals surface area contributed by atoms with Gasteiger partial charge in [-0.1, -0.05) is 497 Å². The van der Waals surface area contributed by atoms with Crippen LogP contribution in [0.4, 0.5) is 0 Å². The lowest BCUT2D eigenvalue weighted by Gasteiger charge is -2.24. The van der Waals surface area contributed by atoms with Crippen LogP contribution >= 0.6 is 0 Å². The zero-order valence-corrected chi connectivity index (χ0v) is 71.7. The highest BCUT2D eigenvalue weighted by molar-refractivity contribution is 5.67. The van der Waals surface area contributed by atoms with E-state index in [0.29, 0.717) is 32.1 Å². The Morgan fingerprint density at radius 3 is 0.305 bits per heavy atom. The van der Waals surface area contributed by atoms with Crippen LogP contribution in [0.15, 0.2) is 0 Å². The van der Waals surface area contributed by atoms with Crippen LogP contribution in [-0.2, 0) is 19.2 Å². The summed E-state index contributed by atoms with van der Waals surface area (Å²) in [5.41, 5.74) is -0.667. The fraction of sp³-hybridized carbons (Fsp3) is 0.957. The second-order valence-electron chi connectivity index (χ2n) is 32.4. The van der Waals surface area contributed by atoms with Crippen LogP contribution in [0.2, 0.25) is 0 Å². The quantitative estimate of drug-likeness (QED) is 0.0285. The van der Waals surface area contributed by atoms with Crippen molar-refractivity contribution in [2.24, 2.45) is 5.41 Å². The molecule has 0 atom stereocenters. The molecule has 0 aliphatic carbocycles. The normalized spacial score (nSPS) is 11.1. The summed E-state index contributed by atoms with van der Waals surface area (Å²) in [4.78, 5) is 41.5. The smallest absolute Gasteiger partial charge is 0.303 e. The van der Waals surface area contributed by atoms with Crippen LogP contribution in [0.3, 0.4) is 0 Å². The Balaban J connectivity index is -0.000000406. The number of aliphatic hydroxyl groups is 3. The number of carbonyl (C=O) groups is 4. The molecule has 11 heteroatoms. The summed E-state index contributed by atoms with van der Waals surface area (Å²) >= 11 is 0. The maximum absolute atomic E-state index is 10.4. The third kappa shape index (κ3) is 115. The first-order valence-electron chi connectivity index (χ1n) is 47.0. The van der Waals surface area contributed by atoms with Crippen molar-refractivity contribution in [1.29, 1.82) is 0 Å². The van der Waals surface area contributed by atoms with Gasteiger partial charge in [0.15, 0.2) is 0 Å². The van der Waals surface area contributed by atoms with Gasteiger partial charge in [-0.05, 0) is 32.1 Å². The van der Waals surface area contributed by atoms with Gasteiger partial charge < -0.3 is 35.7 Å². The summed E-state index contributed by atoms with van der Waals surface area (Å²) in [6.45, 7) is 10.5. The average molecular weight is 1500 g/mol. The van der Waals surface area contributed by atoms with Crippen LogP contribution < -0.4 is 0 Å². The van der Waals surface area contributed by atoms with Crippen molar-refractivity contribution in [2.75, 3.05) is 19.8 Å². The molecule has 0 unspecified atom stereocenters. The van der Waals surface area contributed by atoms with E-state index in [1.165, 1.54) is 437 Å². The molecule has 11 nitrogen and oxygen atoms in total. The highest BCUT2D eigenvalue weighted by Crippen LogP contribution is 2.22. The topological polar surface area (TPSA) is 210 Å². The number of carboxylic acids is 4. The monoisotopic (exact) mass is 1500 g/mol. The Bertz CT molecular complexity index is 1360. The molecule has 0 saturated heterocycles. The van der Waals surface area contributed by atoms with Gasteiger partial charge >= 0.3 is 23.9 Å². The van der Waals surface area contributed by atoms with Crippen molar-refractivity contribution in [2.45, 2.75) is 555 Å². The van der Waals surface area contributed by atoms with Gasteiger partial charge in [-0.3, -0.25) is 19.2 Å². The average Bonchev–Trinajstić information content (AvgIpc) is 0.933. The standard InChI is InChI=1S/4C22H44O2.C6H14O3/c4*1-2-3-4-5-6-7-8-9-10-11-12-13-14-15-16-17-18-19-20-21-22(23)24;1-2-6(3-7,4-8)5-9/h4*2-21H2,1H3,(H,23,24);7-9H,2-5H2,1H3. The molecule has 0 heterocycles. The minimum Gasteiger partial charge on any atom is -0.481 e. The Morgan fingerprint density at radius 1 is 0.162 bits per heavy atom. The molecule has 7 N–H and O–H groups in total. The fourth-order valence-corrected chi connectivity index (χ4v) is 13.9. The summed E-state index contributed by atoms with van der Waals surface area (Å²) in [6.07, 6.45) is 105. The predicted octanol–water partition coefficient (Wildman–Crippen LogP) is 30.9. The number of carboxylic acid groups (broad SMARTS) is 4. The van der Waals surface area contributed by atoms with Crippen LogP contribution in [0, 0.1) is 5.41 Å². The molecular formula is C94H190O11. The first-order chi connectivity index (χ1) is 51.3. The maximum atomic E-state index is 10.4. The van der Waals surface area contributed by atoms with E-state index >= 15 is 0 Å². The Hall–Kier alpha value is -2.24. The summed E-state index contributed by atoms with van der Waals surface area (Å²) in [6, 6.07) is 0. The molecule has 0 radical (unpaired) electrons. The number of aliphatic carboxylic acids is 4. The number of rotatable bonds is 84. The van der Waals surface area contributed by atoms with Gasteiger partial charge in [0.25, 0.3) is 0 Å². The first kappa shape index (κ1) is 111. The zero-order chi connectivity index (χ0) is 78.2. The molecule has 105 heavy (non-hydrogen) atoms. The summed E-state index contributed by atoms with van der Waals surface area (Å²) in [7, 11) is 0. The van der Waals surface area contributed by atoms with Crippen LogP contribution in [-0.4, -0.2) is 79.4 Å². The summed E-state index contributed by atoms with van der Waals surface area (Å²) in [5.74, 6) is -2.60. The molecule has 0 fully saturated rings. The second-order valence-corrected chi connectivity index (χ2v) is 32.4. The van der Waals surface area contributed by atoms with Crippen molar-refractivity contribution >= 4 is 23.9 Å². The van der Waals surface area contributed by atoms with E-state index < -0.39 is 29.3 Å². The van der Waals surface area contributed by atoms with Gasteiger partial charge in [0.1, 0.15) is 0 Å². The van der Waals surface area contributed by atoms with Gasteiger partial charge in [-0.25, -0.2) is 0 Å². The van der Waals surface area contributed by atoms with Gasteiger partial charge in [-0.2, -0.15) is 0 Å². The lowest BCUT2D eigenvalue weighted by molar-refractivity contribution is -0.138. The zero-order valence-electron chi connectivity index (χ0n) is 71.7. The molecule has 0 aromatic carbocycles. The largest absolute Gasteiger partial charge is 0.481 e. The molecule has 0 bridgehead atoms. The number of hydrogen-bond donors (Lipinski definition) is 7. The molecule has 0 aromatic heterocycles. The van der Waals surface area contributed by atoms with E-state index in [2.05, 4.69) is 27.7 Å². The Labute approximate surface area is 655 Å². The van der Waals surface area contributed by atoms with Crippen molar-refractivity contribution in [1.82, 2.24) is 0 Å². The molecule has 0 rings (SSSR count). The highest BCUT2D eigenvalue weighted by Gasteiger charge is 2.25. The summed E-state index contributed by atoms with van der Waals surface area (Å²) in [5, 5.41) is 60.2. The van der Waals surface area contributed by atoms with Gasteiger partial charge in [0.05, 0.1) is 19.8 Å². The molecule has 0 spiro atoms. The van der Waals surface area contributed by atoms with Crippen LogP contribution in [0.25, 0.3) is 0 Å². The lowest BCUT2D eigenvalue weighted by Crippen LogP contribution is -2.32. The SMILES string of the molecule is CCC(CO)(CO)CO.CCCCCCCCCCCCCCCCCCCCCC(=O)O.CCCCCCCCCCCCCCCCCCCCCC(=O)O.CCCCCCCCCCCCCCCCCCCCCC(=O)O.CCCCCCCCCCCCCCCCCCCCCC(=O)O. The van der Waals surface area contributed by atoms with E-state index in [0.717, 1.165) is 51.4 Å². The lowest BCUT2D eigenvalue weighted by atomic mass is 9.88. The van der Waals surface area contributed by atoms with Gasteiger partial charge in [0, 0.05) is 31.1 Å². The van der Waals surface area contributed by atoms with Crippen LogP contribution in [0.5, 0.6) is 0 Å². The maximum Gasteiger partial charge on any atom is 0.303 e. The molecule has 0 aliphatic heterocycles. The van der Waals surface area contributed by atoms with Gasteiger partial charge in [-0.15, -0.1) is 0 Å². The molecule has 0 saturated carbocycles. The highest BCUT2D eigenvalue weighted by atomic mass is 16.4. The van der Waals surface area contributed by atoms with Crippen molar-refractivity contribution in [3.8, 4) is 0 Å². The van der Waals surface area contributed by atoms with Crippen molar-refractivity contribution in [3.63, 3.8) is 0 Å². The van der Waals surface area contributed by atoms with E-state index in [4.69, 9.17) is 35.7 Å². The number of unbranched alkanes of at least 4 members (excludes halogenated alkanes) is 72. The fourth-order valence-electron chi connectivity index (χ4n) is 13.9. The minimum absolute atomic E-state index is 0.156. The second kappa shape index (κ2) is 104. The van der Waals surface area contributed by atoms with Crippen molar-refractivity contribution < 1.29 is 54.9 Å². The Kier molecular flexibility index (Phi) is 110. The molecule has 632 valence electrons. The van der Waals surface area contributed by atoms with E-state index in [9.17, 15) is 19.2 Å². The van der Waals surface area contributed by atoms with Crippen molar-refractivity contribution in [3.05, 3.63) is 0 Å². The van der Waals surface area contributed by atoms with Gasteiger partial charge in [0.2, 0.25) is 0 Å². The van der Waals surface area contributed by atoms with E-state index in [-0.39, 0.29) is 19.8 Å². The minimum atomic E-state index is -0.667. The van der Waals surface area contributed by atoms with E-state index in [1.807, 2.05) is 6.92 Å². The molecular weight excluding hydrogens is 1310 g/mol. The predicted molar refractivity (Wildman–Crippen MR) is 457 cm³/mol. The third-order valence-corrected chi connectivity index (χ3v) is 21.7. The third-order valence-electron chi connectivity index (χ3n) is 21.7.